The number of anilines is 1. The normalized spacial score (nSPS) is 10.5. The van der Waals surface area contributed by atoms with Crippen molar-refractivity contribution < 1.29 is 19.4 Å². The molecule has 3 rings (SSSR count). The molecule has 0 radical (unpaired) electrons. The Kier molecular flexibility index (Phi) is 7.09. The summed E-state index contributed by atoms with van der Waals surface area (Å²) >= 11 is 0. The van der Waals surface area contributed by atoms with Crippen molar-refractivity contribution in [2.45, 2.75) is 6.61 Å². The summed E-state index contributed by atoms with van der Waals surface area (Å²) < 4.78 is 11.2. The average molecular weight is 425 g/mol. The van der Waals surface area contributed by atoms with E-state index in [0.717, 1.165) is 5.56 Å². The van der Waals surface area contributed by atoms with Crippen LogP contribution in [0.25, 0.3) is 6.08 Å². The summed E-state index contributed by atoms with van der Waals surface area (Å²) in [6.45, 7) is 0.188. The zero-order valence-corrected chi connectivity index (χ0v) is 17.2. The van der Waals surface area contributed by atoms with Gasteiger partial charge in [-0.15, -0.1) is 0 Å². The molecular formula is C25H19N3O4. The van der Waals surface area contributed by atoms with Crippen LogP contribution in [-0.4, -0.2) is 18.1 Å². The molecule has 0 aliphatic carbocycles. The molecule has 3 aromatic rings. The van der Waals surface area contributed by atoms with Crippen LogP contribution in [0.15, 0.2) is 72.3 Å². The molecule has 0 aliphatic heterocycles. The monoisotopic (exact) mass is 425 g/mol. The predicted molar refractivity (Wildman–Crippen MR) is 119 cm³/mol. The van der Waals surface area contributed by atoms with Gasteiger partial charge in [-0.25, -0.2) is 0 Å². The SMILES string of the molecule is COc1cc(/C=C(\C#N)C(=O)Nc2ccc(O)cc2)ccc1OCc1ccccc1C#N. The maximum Gasteiger partial charge on any atom is 0.266 e. The molecule has 0 fully saturated rings. The van der Waals surface area contributed by atoms with E-state index in [1.807, 2.05) is 18.2 Å². The van der Waals surface area contributed by atoms with Crippen LogP contribution in [0, 0.1) is 22.7 Å². The number of methoxy groups -OCH3 is 1. The zero-order chi connectivity index (χ0) is 22.9. The van der Waals surface area contributed by atoms with Crippen LogP contribution in [-0.2, 0) is 11.4 Å². The molecule has 2 N–H and O–H groups in total. The molecule has 0 aliphatic rings. The summed E-state index contributed by atoms with van der Waals surface area (Å²) in [6.07, 6.45) is 1.44. The van der Waals surface area contributed by atoms with Crippen molar-refractivity contribution in [2.75, 3.05) is 12.4 Å². The van der Waals surface area contributed by atoms with Crippen molar-refractivity contribution >= 4 is 17.7 Å². The number of nitrogens with one attached hydrogen (secondary N) is 1. The third-order valence-corrected chi connectivity index (χ3v) is 4.51. The van der Waals surface area contributed by atoms with Gasteiger partial charge in [0, 0.05) is 11.3 Å². The molecule has 0 bridgehead atoms. The second kappa shape index (κ2) is 10.3. The number of nitriles is 2. The van der Waals surface area contributed by atoms with Crippen molar-refractivity contribution in [3.05, 3.63) is 89.0 Å². The van der Waals surface area contributed by atoms with Crippen LogP contribution in [0.3, 0.4) is 0 Å². The predicted octanol–water partition coefficient (Wildman–Crippen LogP) is 4.40. The second-order valence-corrected chi connectivity index (χ2v) is 6.64. The first-order chi connectivity index (χ1) is 15.5. The van der Waals surface area contributed by atoms with Gasteiger partial charge in [0.2, 0.25) is 0 Å². The van der Waals surface area contributed by atoms with Crippen LogP contribution >= 0.6 is 0 Å². The topological polar surface area (TPSA) is 115 Å². The number of hydrogen-bond donors (Lipinski definition) is 2. The summed E-state index contributed by atoms with van der Waals surface area (Å²) in [6, 6.07) is 22.1. The minimum Gasteiger partial charge on any atom is -0.508 e. The fourth-order valence-corrected chi connectivity index (χ4v) is 2.86. The lowest BCUT2D eigenvalue weighted by molar-refractivity contribution is -0.112. The minimum absolute atomic E-state index is 0.0737. The molecule has 1 amide bonds. The summed E-state index contributed by atoms with van der Waals surface area (Å²) in [7, 11) is 1.49. The first kappa shape index (κ1) is 21.9. The largest absolute Gasteiger partial charge is 0.508 e. The molecule has 0 aromatic heterocycles. The lowest BCUT2D eigenvalue weighted by Gasteiger charge is -2.12. The third-order valence-electron chi connectivity index (χ3n) is 4.51. The molecule has 0 atom stereocenters. The highest BCUT2D eigenvalue weighted by atomic mass is 16.5. The molecule has 7 nitrogen and oxygen atoms in total. The Balaban J connectivity index is 1.76. The smallest absolute Gasteiger partial charge is 0.266 e. The third kappa shape index (κ3) is 5.44. The highest BCUT2D eigenvalue weighted by molar-refractivity contribution is 6.09. The molecule has 0 unspecified atom stereocenters. The highest BCUT2D eigenvalue weighted by Gasteiger charge is 2.12. The number of carbonyl (C=O) groups excluding carboxylic acids is 1. The molecule has 0 saturated heterocycles. The Morgan fingerprint density at radius 1 is 1.06 bits per heavy atom. The van der Waals surface area contributed by atoms with E-state index in [9.17, 15) is 20.4 Å². The fourth-order valence-electron chi connectivity index (χ4n) is 2.86. The first-order valence-corrected chi connectivity index (χ1v) is 9.55. The number of rotatable bonds is 7. The number of hydrogen-bond acceptors (Lipinski definition) is 6. The van der Waals surface area contributed by atoms with Crippen LogP contribution in [0.2, 0.25) is 0 Å². The highest BCUT2D eigenvalue weighted by Crippen LogP contribution is 2.30. The fraction of sp³-hybridized carbons (Fsp3) is 0.0800. The van der Waals surface area contributed by atoms with Crippen molar-refractivity contribution in [1.82, 2.24) is 0 Å². The number of phenols is 1. The summed E-state index contributed by atoms with van der Waals surface area (Å²) in [5, 5.41) is 30.6. The van der Waals surface area contributed by atoms with E-state index in [1.165, 1.54) is 37.5 Å². The van der Waals surface area contributed by atoms with Crippen molar-refractivity contribution in [2.24, 2.45) is 0 Å². The lowest BCUT2D eigenvalue weighted by atomic mass is 10.1. The second-order valence-electron chi connectivity index (χ2n) is 6.64. The Bertz CT molecular complexity index is 1240. The van der Waals surface area contributed by atoms with E-state index in [0.29, 0.717) is 28.3 Å². The molecule has 0 saturated carbocycles. The number of nitrogens with zero attached hydrogens (tertiary/aromatic N) is 2. The van der Waals surface area contributed by atoms with Gasteiger partial charge in [0.25, 0.3) is 5.91 Å². The van der Waals surface area contributed by atoms with Crippen molar-refractivity contribution in [3.63, 3.8) is 0 Å². The van der Waals surface area contributed by atoms with Gasteiger partial charge in [0.1, 0.15) is 24.0 Å². The summed E-state index contributed by atoms with van der Waals surface area (Å²) in [4.78, 5) is 12.4. The Labute approximate surface area is 185 Å². The van der Waals surface area contributed by atoms with Crippen molar-refractivity contribution in [1.29, 1.82) is 10.5 Å². The Morgan fingerprint density at radius 2 is 1.81 bits per heavy atom. The first-order valence-electron chi connectivity index (χ1n) is 9.55. The van der Waals surface area contributed by atoms with Crippen molar-refractivity contribution in [3.8, 4) is 29.4 Å². The van der Waals surface area contributed by atoms with E-state index in [-0.39, 0.29) is 17.9 Å². The molecule has 3 aromatic carbocycles. The molecule has 158 valence electrons. The number of phenolic OH excluding ortho intramolecular Hbond substituents is 1. The van der Waals surface area contributed by atoms with E-state index in [2.05, 4.69) is 11.4 Å². The van der Waals surface area contributed by atoms with Gasteiger partial charge < -0.3 is 19.9 Å². The quantitative estimate of drug-likeness (QED) is 0.329. The summed E-state index contributed by atoms with van der Waals surface area (Å²) in [5.74, 6) is 0.379. The molecule has 32 heavy (non-hydrogen) atoms. The minimum atomic E-state index is -0.578. The van der Waals surface area contributed by atoms with E-state index >= 15 is 0 Å². The molecule has 0 spiro atoms. The maximum atomic E-state index is 12.4. The van der Waals surface area contributed by atoms with Gasteiger partial charge in [-0.3, -0.25) is 4.79 Å². The van der Waals surface area contributed by atoms with E-state index in [1.54, 1.807) is 30.3 Å². The maximum absolute atomic E-state index is 12.4. The van der Waals surface area contributed by atoms with Gasteiger partial charge in [-0.1, -0.05) is 24.3 Å². The van der Waals surface area contributed by atoms with Crippen LogP contribution in [0.4, 0.5) is 5.69 Å². The van der Waals surface area contributed by atoms with E-state index < -0.39 is 5.91 Å². The lowest BCUT2D eigenvalue weighted by Crippen LogP contribution is -2.13. The summed E-state index contributed by atoms with van der Waals surface area (Å²) in [5.41, 5.74) is 2.21. The molecule has 0 heterocycles. The van der Waals surface area contributed by atoms with Crippen LogP contribution in [0.5, 0.6) is 17.2 Å². The van der Waals surface area contributed by atoms with Gasteiger partial charge >= 0.3 is 0 Å². The number of aromatic hydroxyl groups is 1. The molecule has 7 heteroatoms. The van der Waals surface area contributed by atoms with E-state index in [4.69, 9.17) is 9.47 Å². The van der Waals surface area contributed by atoms with Crippen LogP contribution < -0.4 is 14.8 Å². The van der Waals surface area contributed by atoms with Gasteiger partial charge in [-0.2, -0.15) is 10.5 Å². The Morgan fingerprint density at radius 3 is 2.50 bits per heavy atom. The zero-order valence-electron chi connectivity index (χ0n) is 17.2. The number of amides is 1. The standard InChI is InChI=1S/C25H19N3O4/c1-31-24-13-17(6-11-23(24)32-16-19-5-3-2-4-18(19)14-26)12-20(15-27)25(30)28-21-7-9-22(29)10-8-21/h2-13,29H,16H2,1H3,(H,28,30)/b20-12+. The van der Waals surface area contributed by atoms with Crippen LogP contribution in [0.1, 0.15) is 16.7 Å². The van der Waals surface area contributed by atoms with Gasteiger partial charge in [-0.05, 0) is 54.1 Å². The van der Waals surface area contributed by atoms with Gasteiger partial charge in [0.15, 0.2) is 11.5 Å². The average Bonchev–Trinajstić information content (AvgIpc) is 2.82. The van der Waals surface area contributed by atoms with Gasteiger partial charge in [0.05, 0.1) is 18.7 Å². The number of carbonyl (C=O) groups is 1. The molecular weight excluding hydrogens is 406 g/mol. The number of ether oxygens (including phenoxy) is 2. The Hall–Kier alpha value is -4.75. The number of benzene rings is 3.